The predicted octanol–water partition coefficient (Wildman–Crippen LogP) is 1.95. The van der Waals surface area contributed by atoms with Crippen molar-refractivity contribution in [3.05, 3.63) is 35.0 Å². The van der Waals surface area contributed by atoms with Crippen molar-refractivity contribution < 1.29 is 9.59 Å². The van der Waals surface area contributed by atoms with Gasteiger partial charge in [0.2, 0.25) is 0 Å². The molecule has 8 nitrogen and oxygen atoms in total. The van der Waals surface area contributed by atoms with Gasteiger partial charge in [0.1, 0.15) is 5.69 Å². The van der Waals surface area contributed by atoms with Gasteiger partial charge in [-0.25, -0.2) is 4.98 Å². The number of hydrogen-bond donors (Lipinski definition) is 2. The Balaban J connectivity index is 1.52. The molecule has 0 spiro atoms. The fraction of sp³-hybridized carbons (Fsp3) is 0.368. The number of amides is 2. The number of imide groups is 1. The minimum Gasteiger partial charge on any atom is -0.337 e. The third-order valence-electron chi connectivity index (χ3n) is 5.52. The number of hydrogen-bond acceptors (Lipinski definition) is 5. The second-order valence-corrected chi connectivity index (χ2v) is 7.45. The molecule has 2 aliphatic rings. The molecule has 0 aliphatic carbocycles. The number of aryl methyl sites for hydroxylation is 1. The van der Waals surface area contributed by atoms with Crippen molar-refractivity contribution >= 4 is 22.8 Å². The van der Waals surface area contributed by atoms with Crippen LogP contribution in [0.4, 0.5) is 0 Å². The highest BCUT2D eigenvalue weighted by Gasteiger charge is 2.41. The first kappa shape index (κ1) is 16.2. The van der Waals surface area contributed by atoms with Gasteiger partial charge >= 0.3 is 0 Å². The molecule has 1 aromatic carbocycles. The first-order chi connectivity index (χ1) is 13.0. The van der Waals surface area contributed by atoms with Crippen LogP contribution in [0.5, 0.6) is 0 Å². The molecular weight excluding hydrogens is 344 g/mol. The molecule has 0 radical (unpaired) electrons. The van der Waals surface area contributed by atoms with E-state index in [9.17, 15) is 9.59 Å². The lowest BCUT2D eigenvalue weighted by molar-refractivity contribution is 0.0516. The summed E-state index contributed by atoms with van der Waals surface area (Å²) in [5.41, 5.74) is 3.94. The molecule has 2 N–H and O–H groups in total. The molecule has 2 aliphatic heterocycles. The summed E-state index contributed by atoms with van der Waals surface area (Å²) in [5.74, 6) is 0.218. The van der Waals surface area contributed by atoms with Crippen molar-refractivity contribution in [1.29, 1.82) is 0 Å². The van der Waals surface area contributed by atoms with Crippen LogP contribution in [0.3, 0.4) is 0 Å². The number of benzene rings is 1. The van der Waals surface area contributed by atoms with Gasteiger partial charge in [-0.1, -0.05) is 0 Å². The van der Waals surface area contributed by atoms with Gasteiger partial charge in [0.25, 0.3) is 11.8 Å². The number of rotatable bonds is 2. The molecule has 5 rings (SSSR count). The van der Waals surface area contributed by atoms with Crippen molar-refractivity contribution in [2.45, 2.75) is 25.8 Å². The van der Waals surface area contributed by atoms with Gasteiger partial charge in [-0.05, 0) is 58.1 Å². The highest BCUT2D eigenvalue weighted by molar-refractivity contribution is 6.23. The van der Waals surface area contributed by atoms with Crippen LogP contribution >= 0.6 is 0 Å². The maximum atomic E-state index is 13.0. The number of nitrogens with zero attached hydrogens (tertiary/aromatic N) is 4. The summed E-state index contributed by atoms with van der Waals surface area (Å²) >= 11 is 0. The molecule has 0 bridgehead atoms. The Morgan fingerprint density at radius 1 is 1.07 bits per heavy atom. The zero-order valence-electron chi connectivity index (χ0n) is 15.2. The lowest BCUT2D eigenvalue weighted by atomic mass is 10.0. The van der Waals surface area contributed by atoms with E-state index < -0.39 is 0 Å². The summed E-state index contributed by atoms with van der Waals surface area (Å²) in [6.07, 6.45) is 1.64. The molecule has 0 atom stereocenters. The van der Waals surface area contributed by atoms with Gasteiger partial charge in [0, 0.05) is 11.7 Å². The summed E-state index contributed by atoms with van der Waals surface area (Å²) in [4.78, 5) is 37.3. The number of carbonyl (C=O) groups excluding carboxylic acids is 2. The standard InChI is InChI=1S/C19H20N6O2/c1-10-7-16(23-22-10)17-20-14-8-12-13(9-15(14)21-17)19(27)25(18(12)26)11-3-5-24(2)6-4-11/h7-9,11H,3-6H2,1-2H3,(H,20,21)(H,22,23). The molecule has 1 saturated heterocycles. The number of H-pyrrole nitrogens is 2. The average Bonchev–Trinajstić information content (AvgIpc) is 3.32. The van der Waals surface area contributed by atoms with Crippen molar-refractivity contribution in [3.63, 3.8) is 0 Å². The molecule has 0 unspecified atom stereocenters. The molecule has 8 heteroatoms. The summed E-state index contributed by atoms with van der Waals surface area (Å²) in [6, 6.07) is 5.33. The average molecular weight is 364 g/mol. The quantitative estimate of drug-likeness (QED) is 0.678. The minimum atomic E-state index is -0.202. The third-order valence-corrected chi connectivity index (χ3v) is 5.52. The van der Waals surface area contributed by atoms with Gasteiger partial charge < -0.3 is 9.88 Å². The Morgan fingerprint density at radius 2 is 1.78 bits per heavy atom. The SMILES string of the molecule is Cc1cc(-c2nc3cc4c(cc3[nH]2)C(=O)N(C2CCN(C)CC2)C4=O)n[nH]1. The van der Waals surface area contributed by atoms with Gasteiger partial charge in [0.05, 0.1) is 22.2 Å². The van der Waals surface area contributed by atoms with Gasteiger partial charge in [-0.2, -0.15) is 5.10 Å². The van der Waals surface area contributed by atoms with Crippen LogP contribution in [-0.2, 0) is 0 Å². The number of imidazole rings is 1. The van der Waals surface area contributed by atoms with Gasteiger partial charge in [0.15, 0.2) is 5.82 Å². The number of fused-ring (bicyclic) bond motifs is 2. The van der Waals surface area contributed by atoms with Crippen LogP contribution in [0, 0.1) is 6.92 Å². The topological polar surface area (TPSA) is 98.0 Å². The smallest absolute Gasteiger partial charge is 0.261 e. The second-order valence-electron chi connectivity index (χ2n) is 7.45. The molecule has 2 aromatic heterocycles. The van der Waals surface area contributed by atoms with Crippen LogP contribution < -0.4 is 0 Å². The number of aromatic nitrogens is 4. The predicted molar refractivity (Wildman–Crippen MR) is 99.4 cm³/mol. The third kappa shape index (κ3) is 2.48. The van der Waals surface area contributed by atoms with E-state index in [0.717, 1.165) is 37.1 Å². The lowest BCUT2D eigenvalue weighted by Gasteiger charge is -2.33. The Hall–Kier alpha value is -3.00. The van der Waals surface area contributed by atoms with Crippen molar-refractivity contribution in [2.75, 3.05) is 20.1 Å². The van der Waals surface area contributed by atoms with Crippen molar-refractivity contribution in [3.8, 4) is 11.5 Å². The van der Waals surface area contributed by atoms with E-state index >= 15 is 0 Å². The maximum absolute atomic E-state index is 13.0. The summed E-state index contributed by atoms with van der Waals surface area (Å²) in [5, 5.41) is 7.09. The highest BCUT2D eigenvalue weighted by Crippen LogP contribution is 2.31. The first-order valence-electron chi connectivity index (χ1n) is 9.14. The molecule has 4 heterocycles. The van der Waals surface area contributed by atoms with E-state index in [0.29, 0.717) is 28.2 Å². The Bertz CT molecular complexity index is 1020. The number of aromatic amines is 2. The number of likely N-dealkylation sites (tertiary alicyclic amines) is 1. The van der Waals surface area contributed by atoms with Crippen LogP contribution in [-0.4, -0.2) is 68.0 Å². The summed E-state index contributed by atoms with van der Waals surface area (Å²) in [7, 11) is 2.06. The van der Waals surface area contributed by atoms with E-state index in [-0.39, 0.29) is 17.9 Å². The van der Waals surface area contributed by atoms with E-state index in [1.807, 2.05) is 13.0 Å². The number of carbonyl (C=O) groups is 2. The Labute approximate surface area is 155 Å². The van der Waals surface area contributed by atoms with E-state index in [1.165, 1.54) is 4.90 Å². The molecule has 27 heavy (non-hydrogen) atoms. The van der Waals surface area contributed by atoms with Crippen LogP contribution in [0.15, 0.2) is 18.2 Å². The van der Waals surface area contributed by atoms with Gasteiger partial charge in [-0.15, -0.1) is 0 Å². The minimum absolute atomic E-state index is 0.0255. The fourth-order valence-electron chi connectivity index (χ4n) is 4.01. The van der Waals surface area contributed by atoms with E-state index in [1.54, 1.807) is 12.1 Å². The maximum Gasteiger partial charge on any atom is 0.261 e. The highest BCUT2D eigenvalue weighted by atomic mass is 16.2. The van der Waals surface area contributed by atoms with E-state index in [2.05, 4.69) is 32.1 Å². The van der Waals surface area contributed by atoms with Crippen LogP contribution in [0.25, 0.3) is 22.6 Å². The molecule has 2 amide bonds. The summed E-state index contributed by atoms with van der Waals surface area (Å²) in [6.45, 7) is 3.71. The molecular formula is C19H20N6O2. The lowest BCUT2D eigenvalue weighted by Crippen LogP contribution is -2.46. The largest absolute Gasteiger partial charge is 0.337 e. The van der Waals surface area contributed by atoms with E-state index in [4.69, 9.17) is 0 Å². The van der Waals surface area contributed by atoms with Crippen molar-refractivity contribution in [2.24, 2.45) is 0 Å². The zero-order chi connectivity index (χ0) is 18.7. The molecule has 3 aromatic rings. The number of nitrogens with one attached hydrogen (secondary N) is 2. The molecule has 1 fully saturated rings. The molecule has 0 saturated carbocycles. The normalized spacial score (nSPS) is 18.7. The number of piperidine rings is 1. The van der Waals surface area contributed by atoms with Crippen molar-refractivity contribution in [1.82, 2.24) is 30.0 Å². The Morgan fingerprint density at radius 3 is 2.44 bits per heavy atom. The van der Waals surface area contributed by atoms with Crippen LogP contribution in [0.2, 0.25) is 0 Å². The Kier molecular flexibility index (Phi) is 3.45. The van der Waals surface area contributed by atoms with Crippen LogP contribution in [0.1, 0.15) is 39.3 Å². The first-order valence-corrected chi connectivity index (χ1v) is 9.14. The fourth-order valence-corrected chi connectivity index (χ4v) is 4.01. The molecule has 138 valence electrons. The second kappa shape index (κ2) is 5.75. The summed E-state index contributed by atoms with van der Waals surface area (Å²) < 4.78 is 0. The van der Waals surface area contributed by atoms with Gasteiger partial charge in [-0.3, -0.25) is 19.6 Å². The monoisotopic (exact) mass is 364 g/mol. The zero-order valence-corrected chi connectivity index (χ0v) is 15.2.